The summed E-state index contributed by atoms with van der Waals surface area (Å²) >= 11 is 0. The van der Waals surface area contributed by atoms with Gasteiger partial charge in [0.2, 0.25) is 0 Å². The van der Waals surface area contributed by atoms with Crippen LogP contribution < -0.4 is 5.32 Å². The number of nitrogens with one attached hydrogen (secondary N) is 1. The van der Waals surface area contributed by atoms with Crippen molar-refractivity contribution < 1.29 is 0 Å². The normalized spacial score (nSPS) is 12.9. The molecule has 1 aromatic heterocycles. The fraction of sp³-hybridized carbons (Fsp3) is 0.308. The molecule has 0 aliphatic carbocycles. The van der Waals surface area contributed by atoms with Gasteiger partial charge in [-0.1, -0.05) is 31.2 Å². The molecule has 0 saturated heterocycles. The summed E-state index contributed by atoms with van der Waals surface area (Å²) in [5.74, 6) is 0. The molecule has 0 radical (unpaired) electrons. The molecule has 2 rings (SSSR count). The van der Waals surface area contributed by atoms with Crippen LogP contribution in [0.4, 0.5) is 0 Å². The largest absolute Gasteiger partial charge is 0.306 e. The van der Waals surface area contributed by atoms with Crippen molar-refractivity contribution in [3.63, 3.8) is 0 Å². The first kappa shape index (κ1) is 10.9. The van der Waals surface area contributed by atoms with E-state index in [1.165, 1.54) is 5.39 Å². The Morgan fingerprint density at radius 3 is 2.94 bits per heavy atom. The molecule has 84 valence electrons. The Balaban J connectivity index is 2.55. The Bertz CT molecular complexity index is 499. The van der Waals surface area contributed by atoms with E-state index < -0.39 is 0 Å². The monoisotopic (exact) mass is 215 g/mol. The number of hydrogen-bond acceptors (Lipinski definition) is 2. The summed E-state index contributed by atoms with van der Waals surface area (Å²) in [5, 5.41) is 9.11. The molecule has 0 spiro atoms. The maximum Gasteiger partial charge on any atom is 0.0911 e. The van der Waals surface area contributed by atoms with Crippen LogP contribution in [0.2, 0.25) is 0 Å². The van der Waals surface area contributed by atoms with Gasteiger partial charge in [-0.25, -0.2) is 0 Å². The van der Waals surface area contributed by atoms with Crippen molar-refractivity contribution in [2.75, 3.05) is 6.54 Å². The van der Waals surface area contributed by atoms with E-state index >= 15 is 0 Å². The molecule has 1 aromatic carbocycles. The number of rotatable bonds is 4. The molecule has 0 aliphatic rings. The molecule has 0 bridgehead atoms. The minimum Gasteiger partial charge on any atom is -0.306 e. The van der Waals surface area contributed by atoms with Gasteiger partial charge in [-0.05, 0) is 12.6 Å². The summed E-state index contributed by atoms with van der Waals surface area (Å²) in [6, 6.07) is 8.38. The van der Waals surface area contributed by atoms with Gasteiger partial charge in [-0.3, -0.25) is 4.68 Å². The van der Waals surface area contributed by atoms with Crippen LogP contribution in [-0.2, 0) is 7.05 Å². The van der Waals surface area contributed by atoms with Gasteiger partial charge in [0.25, 0.3) is 0 Å². The lowest BCUT2D eigenvalue weighted by Crippen LogP contribution is -2.19. The lowest BCUT2D eigenvalue weighted by molar-refractivity contribution is 0.620. The molecule has 3 nitrogen and oxygen atoms in total. The highest BCUT2D eigenvalue weighted by Crippen LogP contribution is 2.23. The number of aryl methyl sites for hydroxylation is 1. The van der Waals surface area contributed by atoms with Crippen molar-refractivity contribution in [3.05, 3.63) is 42.6 Å². The Labute approximate surface area is 95.8 Å². The molecule has 1 unspecified atom stereocenters. The molecule has 0 fully saturated rings. The van der Waals surface area contributed by atoms with Crippen molar-refractivity contribution >= 4 is 10.9 Å². The van der Waals surface area contributed by atoms with E-state index in [2.05, 4.69) is 36.1 Å². The quantitative estimate of drug-likeness (QED) is 0.794. The molecule has 0 saturated carbocycles. The number of benzene rings is 1. The zero-order chi connectivity index (χ0) is 11.5. The van der Waals surface area contributed by atoms with E-state index in [-0.39, 0.29) is 6.04 Å². The maximum absolute atomic E-state index is 4.56. The predicted molar refractivity (Wildman–Crippen MR) is 67.3 cm³/mol. The lowest BCUT2D eigenvalue weighted by Gasteiger charge is -2.10. The summed E-state index contributed by atoms with van der Waals surface area (Å²) in [4.78, 5) is 0. The molecule has 3 heteroatoms. The van der Waals surface area contributed by atoms with E-state index in [0.717, 1.165) is 17.8 Å². The van der Waals surface area contributed by atoms with Gasteiger partial charge in [0, 0.05) is 12.4 Å². The van der Waals surface area contributed by atoms with Crippen molar-refractivity contribution in [1.29, 1.82) is 0 Å². The highest BCUT2D eigenvalue weighted by molar-refractivity contribution is 5.82. The van der Waals surface area contributed by atoms with E-state index in [1.54, 1.807) is 0 Å². The molecule has 1 N–H and O–H groups in total. The van der Waals surface area contributed by atoms with Gasteiger partial charge in [0.15, 0.2) is 0 Å². The summed E-state index contributed by atoms with van der Waals surface area (Å²) in [7, 11) is 1.97. The fourth-order valence-electron chi connectivity index (χ4n) is 1.98. The Morgan fingerprint density at radius 1 is 1.50 bits per heavy atom. The van der Waals surface area contributed by atoms with Crippen molar-refractivity contribution in [1.82, 2.24) is 15.1 Å². The number of hydrogen-bond donors (Lipinski definition) is 1. The van der Waals surface area contributed by atoms with Crippen LogP contribution in [0.1, 0.15) is 18.7 Å². The SMILES string of the molecule is C=CC(NCC)c1nn(C)c2ccccc12. The van der Waals surface area contributed by atoms with Crippen LogP contribution in [0.3, 0.4) is 0 Å². The predicted octanol–water partition coefficient (Wildman–Crippen LogP) is 2.41. The molecular formula is C13H17N3. The van der Waals surface area contributed by atoms with Gasteiger partial charge >= 0.3 is 0 Å². The molecule has 0 amide bonds. The van der Waals surface area contributed by atoms with Crippen molar-refractivity contribution in [2.45, 2.75) is 13.0 Å². The maximum atomic E-state index is 4.56. The van der Waals surface area contributed by atoms with Gasteiger partial charge in [-0.15, -0.1) is 6.58 Å². The second kappa shape index (κ2) is 4.49. The topological polar surface area (TPSA) is 29.9 Å². The first-order chi connectivity index (χ1) is 7.77. The minimum absolute atomic E-state index is 0.121. The van der Waals surface area contributed by atoms with Crippen LogP contribution in [0.5, 0.6) is 0 Å². The van der Waals surface area contributed by atoms with E-state index in [4.69, 9.17) is 0 Å². The van der Waals surface area contributed by atoms with Gasteiger partial charge in [-0.2, -0.15) is 5.10 Å². The molecule has 2 aromatic rings. The molecule has 1 heterocycles. The zero-order valence-corrected chi connectivity index (χ0v) is 9.77. The summed E-state index contributed by atoms with van der Waals surface area (Å²) in [6.07, 6.45) is 1.90. The lowest BCUT2D eigenvalue weighted by atomic mass is 10.1. The molecule has 0 aliphatic heterocycles. The molecule has 16 heavy (non-hydrogen) atoms. The van der Waals surface area contributed by atoms with Crippen molar-refractivity contribution in [3.8, 4) is 0 Å². The molecule has 1 atom stereocenters. The average Bonchev–Trinajstić information content (AvgIpc) is 2.65. The van der Waals surface area contributed by atoms with Gasteiger partial charge < -0.3 is 5.32 Å². The summed E-state index contributed by atoms with van der Waals surface area (Å²) in [5.41, 5.74) is 2.21. The first-order valence-corrected chi connectivity index (χ1v) is 5.55. The van der Waals surface area contributed by atoms with Gasteiger partial charge in [0.1, 0.15) is 0 Å². The van der Waals surface area contributed by atoms with E-state index in [9.17, 15) is 0 Å². The fourth-order valence-corrected chi connectivity index (χ4v) is 1.98. The smallest absolute Gasteiger partial charge is 0.0911 e. The van der Waals surface area contributed by atoms with E-state index in [1.807, 2.05) is 29.9 Å². The standard InChI is InChI=1S/C13H17N3/c1-4-11(14-5-2)13-10-8-6-7-9-12(10)16(3)15-13/h4,6-9,11,14H,1,5H2,2-3H3. The van der Waals surface area contributed by atoms with Crippen LogP contribution >= 0.6 is 0 Å². The highest BCUT2D eigenvalue weighted by atomic mass is 15.3. The van der Waals surface area contributed by atoms with E-state index in [0.29, 0.717) is 0 Å². The Morgan fingerprint density at radius 2 is 2.25 bits per heavy atom. The third-order valence-electron chi connectivity index (χ3n) is 2.74. The third-order valence-corrected chi connectivity index (χ3v) is 2.74. The van der Waals surface area contributed by atoms with Gasteiger partial charge in [0.05, 0.1) is 17.3 Å². The molecular weight excluding hydrogens is 198 g/mol. The minimum atomic E-state index is 0.121. The van der Waals surface area contributed by atoms with Crippen molar-refractivity contribution in [2.24, 2.45) is 7.05 Å². The van der Waals surface area contributed by atoms with Crippen LogP contribution in [0.15, 0.2) is 36.9 Å². The number of fused-ring (bicyclic) bond motifs is 1. The first-order valence-electron chi connectivity index (χ1n) is 5.55. The van der Waals surface area contributed by atoms with Crippen LogP contribution in [0, 0.1) is 0 Å². The second-order valence-corrected chi connectivity index (χ2v) is 3.80. The Hall–Kier alpha value is -1.61. The number of likely N-dealkylation sites (N-methyl/N-ethyl adjacent to an activating group) is 1. The Kier molecular flexibility index (Phi) is 3.06. The summed E-state index contributed by atoms with van der Waals surface area (Å²) in [6.45, 7) is 6.85. The summed E-state index contributed by atoms with van der Waals surface area (Å²) < 4.78 is 1.92. The third kappa shape index (κ3) is 1.74. The second-order valence-electron chi connectivity index (χ2n) is 3.80. The highest BCUT2D eigenvalue weighted by Gasteiger charge is 2.14. The zero-order valence-electron chi connectivity index (χ0n) is 9.77. The number of aromatic nitrogens is 2. The number of para-hydroxylation sites is 1. The van der Waals surface area contributed by atoms with Crippen LogP contribution in [-0.4, -0.2) is 16.3 Å². The van der Waals surface area contributed by atoms with Crippen LogP contribution in [0.25, 0.3) is 10.9 Å². The number of nitrogens with zero attached hydrogens (tertiary/aromatic N) is 2. The average molecular weight is 215 g/mol.